The largest absolute Gasteiger partial charge is 0.455 e. The molecule has 9 heteroatoms. The van der Waals surface area contributed by atoms with Crippen molar-refractivity contribution in [2.75, 3.05) is 41.7 Å². The number of nitrogens with zero attached hydrogens (tertiary/aromatic N) is 2. The van der Waals surface area contributed by atoms with Gasteiger partial charge in [0.05, 0.1) is 5.69 Å². The van der Waals surface area contributed by atoms with Gasteiger partial charge in [-0.1, -0.05) is 29.8 Å². The number of rotatable bonds is 5. The molecular weight excluding hydrogens is 492 g/mol. The van der Waals surface area contributed by atoms with E-state index in [1.807, 2.05) is 75.4 Å². The van der Waals surface area contributed by atoms with Gasteiger partial charge in [-0.05, 0) is 75.4 Å². The molecule has 3 aromatic rings. The summed E-state index contributed by atoms with van der Waals surface area (Å²) in [6, 6.07) is 21.5. The minimum atomic E-state index is -0.507. The number of nitrogens with one attached hydrogen (secondary N) is 2. The standard InChI is InChI=1S/C28H31ClN4O4/c1-28(2,3)37-27(35)33-17-15-32(16-18-33)22-12-10-21(11-13-22)30-26(34)31-24-19-20(29)9-14-25(24)36-23-7-5-4-6-8-23/h4-14,19H,15-18H2,1-3H3,(H2,30,31,34). The number of halogens is 1. The van der Waals surface area contributed by atoms with Crippen molar-refractivity contribution in [3.8, 4) is 11.5 Å². The highest BCUT2D eigenvalue weighted by molar-refractivity contribution is 6.31. The van der Waals surface area contributed by atoms with Gasteiger partial charge in [0.25, 0.3) is 0 Å². The van der Waals surface area contributed by atoms with Gasteiger partial charge in [-0.3, -0.25) is 0 Å². The number of ether oxygens (including phenoxy) is 2. The number of carbonyl (C=O) groups excluding carboxylic acids is 2. The van der Waals surface area contributed by atoms with E-state index in [1.165, 1.54) is 0 Å². The van der Waals surface area contributed by atoms with Gasteiger partial charge < -0.3 is 29.9 Å². The number of amides is 3. The summed E-state index contributed by atoms with van der Waals surface area (Å²) in [6.07, 6.45) is -0.283. The molecule has 194 valence electrons. The van der Waals surface area contributed by atoms with Gasteiger partial charge in [0.1, 0.15) is 11.4 Å². The molecule has 0 bridgehead atoms. The van der Waals surface area contributed by atoms with Gasteiger partial charge in [0, 0.05) is 42.6 Å². The molecule has 37 heavy (non-hydrogen) atoms. The normalized spacial score (nSPS) is 13.6. The molecule has 0 aromatic heterocycles. The predicted molar refractivity (Wildman–Crippen MR) is 147 cm³/mol. The summed E-state index contributed by atoms with van der Waals surface area (Å²) in [5.41, 5.74) is 1.60. The maximum Gasteiger partial charge on any atom is 0.410 e. The van der Waals surface area contributed by atoms with Crippen LogP contribution < -0.4 is 20.3 Å². The van der Waals surface area contributed by atoms with E-state index in [-0.39, 0.29) is 6.09 Å². The maximum atomic E-state index is 12.7. The molecule has 0 saturated carbocycles. The third-order valence-electron chi connectivity index (χ3n) is 5.58. The Morgan fingerprint density at radius 1 is 0.865 bits per heavy atom. The monoisotopic (exact) mass is 522 g/mol. The van der Waals surface area contributed by atoms with Gasteiger partial charge in [0.2, 0.25) is 0 Å². The minimum Gasteiger partial charge on any atom is -0.455 e. The van der Waals surface area contributed by atoms with Crippen LogP contribution in [0, 0.1) is 0 Å². The Labute approximate surface area is 222 Å². The topological polar surface area (TPSA) is 83.1 Å². The number of anilines is 3. The molecule has 0 atom stereocenters. The molecule has 1 heterocycles. The number of hydrogen-bond acceptors (Lipinski definition) is 5. The predicted octanol–water partition coefficient (Wildman–Crippen LogP) is 6.83. The molecule has 0 radical (unpaired) electrons. The van der Waals surface area contributed by atoms with Crippen LogP contribution in [0.15, 0.2) is 72.8 Å². The Kier molecular flexibility index (Phi) is 8.08. The van der Waals surface area contributed by atoms with E-state index in [1.54, 1.807) is 23.1 Å². The van der Waals surface area contributed by atoms with Crippen molar-refractivity contribution in [1.29, 1.82) is 0 Å². The molecule has 1 fully saturated rings. The fourth-order valence-electron chi connectivity index (χ4n) is 3.82. The van der Waals surface area contributed by atoms with E-state index >= 15 is 0 Å². The lowest BCUT2D eigenvalue weighted by molar-refractivity contribution is 0.0240. The van der Waals surface area contributed by atoms with Gasteiger partial charge >= 0.3 is 12.1 Å². The molecule has 3 amide bonds. The summed E-state index contributed by atoms with van der Waals surface area (Å²) in [5, 5.41) is 6.13. The summed E-state index contributed by atoms with van der Waals surface area (Å²) in [6.45, 7) is 8.17. The summed E-state index contributed by atoms with van der Waals surface area (Å²) in [7, 11) is 0. The number of piperazine rings is 1. The van der Waals surface area contributed by atoms with Crippen LogP contribution in [-0.4, -0.2) is 48.8 Å². The number of carbonyl (C=O) groups is 2. The van der Waals surface area contributed by atoms with Crippen LogP contribution in [0.25, 0.3) is 0 Å². The van der Waals surface area contributed by atoms with Crippen molar-refractivity contribution >= 4 is 40.8 Å². The fraction of sp³-hybridized carbons (Fsp3) is 0.286. The van der Waals surface area contributed by atoms with Crippen molar-refractivity contribution in [2.45, 2.75) is 26.4 Å². The second kappa shape index (κ2) is 11.4. The lowest BCUT2D eigenvalue weighted by atomic mass is 10.2. The fourth-order valence-corrected chi connectivity index (χ4v) is 3.99. The van der Waals surface area contributed by atoms with Gasteiger partial charge in [-0.25, -0.2) is 9.59 Å². The van der Waals surface area contributed by atoms with Gasteiger partial charge in [0.15, 0.2) is 5.75 Å². The second-order valence-electron chi connectivity index (χ2n) is 9.64. The van der Waals surface area contributed by atoms with Gasteiger partial charge in [-0.15, -0.1) is 0 Å². The Balaban J connectivity index is 1.32. The smallest absolute Gasteiger partial charge is 0.410 e. The first-order valence-corrected chi connectivity index (χ1v) is 12.5. The number of para-hydroxylation sites is 1. The zero-order valence-corrected chi connectivity index (χ0v) is 21.9. The summed E-state index contributed by atoms with van der Waals surface area (Å²) in [4.78, 5) is 28.9. The first-order valence-electron chi connectivity index (χ1n) is 12.1. The zero-order chi connectivity index (χ0) is 26.4. The zero-order valence-electron chi connectivity index (χ0n) is 21.2. The minimum absolute atomic E-state index is 0.283. The summed E-state index contributed by atoms with van der Waals surface area (Å²) in [5.74, 6) is 1.13. The highest BCUT2D eigenvalue weighted by Crippen LogP contribution is 2.32. The number of benzene rings is 3. The average molecular weight is 523 g/mol. The Bertz CT molecular complexity index is 1220. The highest BCUT2D eigenvalue weighted by Gasteiger charge is 2.26. The third kappa shape index (κ3) is 7.54. The molecular formula is C28H31ClN4O4. The van der Waals surface area contributed by atoms with Crippen LogP contribution in [0.3, 0.4) is 0 Å². The Morgan fingerprint density at radius 2 is 1.54 bits per heavy atom. The lowest BCUT2D eigenvalue weighted by Gasteiger charge is -2.36. The molecule has 3 aromatic carbocycles. The summed E-state index contributed by atoms with van der Waals surface area (Å²) >= 11 is 6.15. The molecule has 4 rings (SSSR count). The van der Waals surface area contributed by atoms with E-state index in [9.17, 15) is 9.59 Å². The van der Waals surface area contributed by atoms with Crippen LogP contribution >= 0.6 is 11.6 Å². The molecule has 0 unspecified atom stereocenters. The second-order valence-corrected chi connectivity index (χ2v) is 10.1. The first kappa shape index (κ1) is 26.2. The molecule has 1 aliphatic rings. The van der Waals surface area contributed by atoms with Crippen molar-refractivity contribution in [1.82, 2.24) is 4.90 Å². The SMILES string of the molecule is CC(C)(C)OC(=O)N1CCN(c2ccc(NC(=O)Nc3cc(Cl)ccc3Oc3ccccc3)cc2)CC1. The van der Waals surface area contributed by atoms with E-state index in [0.29, 0.717) is 54.1 Å². The van der Waals surface area contributed by atoms with Crippen molar-refractivity contribution in [2.24, 2.45) is 0 Å². The van der Waals surface area contributed by atoms with Crippen molar-refractivity contribution < 1.29 is 19.1 Å². The van der Waals surface area contributed by atoms with E-state index in [0.717, 1.165) is 5.69 Å². The third-order valence-corrected chi connectivity index (χ3v) is 5.82. The molecule has 0 spiro atoms. The Hall–Kier alpha value is -3.91. The van der Waals surface area contributed by atoms with Gasteiger partial charge in [-0.2, -0.15) is 0 Å². The average Bonchev–Trinajstić information content (AvgIpc) is 2.86. The van der Waals surface area contributed by atoms with E-state index < -0.39 is 11.6 Å². The molecule has 1 saturated heterocycles. The maximum absolute atomic E-state index is 12.7. The van der Waals surface area contributed by atoms with Crippen molar-refractivity contribution in [3.63, 3.8) is 0 Å². The van der Waals surface area contributed by atoms with Crippen LogP contribution in [0.1, 0.15) is 20.8 Å². The highest BCUT2D eigenvalue weighted by atomic mass is 35.5. The molecule has 2 N–H and O–H groups in total. The van der Waals surface area contributed by atoms with Crippen molar-refractivity contribution in [3.05, 3.63) is 77.8 Å². The molecule has 1 aliphatic heterocycles. The number of hydrogen-bond donors (Lipinski definition) is 2. The molecule has 0 aliphatic carbocycles. The van der Waals surface area contributed by atoms with Crippen LogP contribution in [-0.2, 0) is 4.74 Å². The molecule has 8 nitrogen and oxygen atoms in total. The number of urea groups is 1. The lowest BCUT2D eigenvalue weighted by Crippen LogP contribution is -2.50. The van der Waals surface area contributed by atoms with Crippen LogP contribution in [0.5, 0.6) is 11.5 Å². The van der Waals surface area contributed by atoms with Crippen LogP contribution in [0.4, 0.5) is 26.7 Å². The summed E-state index contributed by atoms with van der Waals surface area (Å²) < 4.78 is 11.4. The Morgan fingerprint density at radius 3 is 2.19 bits per heavy atom. The quantitative estimate of drug-likeness (QED) is 0.383. The van der Waals surface area contributed by atoms with E-state index in [2.05, 4.69) is 15.5 Å². The van der Waals surface area contributed by atoms with E-state index in [4.69, 9.17) is 21.1 Å². The van der Waals surface area contributed by atoms with Crippen LogP contribution in [0.2, 0.25) is 5.02 Å². The first-order chi connectivity index (χ1) is 17.7.